The van der Waals surface area contributed by atoms with Crippen molar-refractivity contribution in [1.29, 1.82) is 0 Å². The number of halogens is 1. The molecule has 0 aromatic carbocycles. The first kappa shape index (κ1) is 19.1. The van der Waals surface area contributed by atoms with E-state index in [4.69, 9.17) is 11.6 Å². The summed E-state index contributed by atoms with van der Waals surface area (Å²) >= 11 is 6.44. The Kier molecular flexibility index (Phi) is 5.23. The normalized spacial score (nSPS) is 25.3. The summed E-state index contributed by atoms with van der Waals surface area (Å²) in [6.45, 7) is 5.23. The maximum absolute atomic E-state index is 12.7. The zero-order valence-electron chi connectivity index (χ0n) is 16.2. The third kappa shape index (κ3) is 3.70. The van der Waals surface area contributed by atoms with Crippen LogP contribution in [0.3, 0.4) is 0 Å². The minimum atomic E-state index is -0.412. The second-order valence-corrected chi connectivity index (χ2v) is 8.52. The first-order valence-electron chi connectivity index (χ1n) is 9.99. The van der Waals surface area contributed by atoms with Gasteiger partial charge in [-0.1, -0.05) is 18.5 Å². The van der Waals surface area contributed by atoms with Gasteiger partial charge < -0.3 is 10.2 Å². The Balaban J connectivity index is 1.54. The van der Waals surface area contributed by atoms with Crippen LogP contribution in [0.15, 0.2) is 18.3 Å². The fourth-order valence-corrected chi connectivity index (χ4v) is 4.17. The predicted molar refractivity (Wildman–Crippen MR) is 110 cm³/mol. The molecule has 28 heavy (non-hydrogen) atoms. The predicted octanol–water partition coefficient (Wildman–Crippen LogP) is 3.76. The molecule has 7 heteroatoms. The van der Waals surface area contributed by atoms with E-state index in [-0.39, 0.29) is 11.7 Å². The summed E-state index contributed by atoms with van der Waals surface area (Å²) in [5, 5.41) is 4.17. The number of carbonyl (C=O) groups is 2. The van der Waals surface area contributed by atoms with Gasteiger partial charge in [0.25, 0.3) is 5.91 Å². The molecule has 0 spiro atoms. The molecule has 3 heterocycles. The van der Waals surface area contributed by atoms with Crippen LogP contribution in [0.25, 0.3) is 11.0 Å². The van der Waals surface area contributed by atoms with Crippen molar-refractivity contribution >= 4 is 40.1 Å². The Labute approximate surface area is 169 Å². The van der Waals surface area contributed by atoms with Gasteiger partial charge in [0.2, 0.25) is 0 Å². The topological polar surface area (TPSA) is 75.2 Å². The molecule has 0 bridgehead atoms. The van der Waals surface area contributed by atoms with E-state index in [0.717, 1.165) is 37.0 Å². The van der Waals surface area contributed by atoms with Crippen molar-refractivity contribution in [2.24, 2.45) is 5.92 Å². The highest BCUT2D eigenvalue weighted by atomic mass is 35.5. The number of hydrogen-bond donors (Lipinski definition) is 1. The smallest absolute Gasteiger partial charge is 0.253 e. The van der Waals surface area contributed by atoms with E-state index in [0.29, 0.717) is 41.0 Å². The highest BCUT2D eigenvalue weighted by Crippen LogP contribution is 2.33. The lowest BCUT2D eigenvalue weighted by molar-refractivity contribution is -0.120. The average Bonchev–Trinajstić information content (AvgIpc) is 2.82. The highest BCUT2D eigenvalue weighted by Gasteiger charge is 2.28. The van der Waals surface area contributed by atoms with Crippen molar-refractivity contribution in [3.63, 3.8) is 0 Å². The van der Waals surface area contributed by atoms with Gasteiger partial charge >= 0.3 is 0 Å². The van der Waals surface area contributed by atoms with Crippen molar-refractivity contribution < 1.29 is 9.59 Å². The molecule has 1 N–H and O–H groups in total. The Bertz CT molecular complexity index is 932. The van der Waals surface area contributed by atoms with Crippen LogP contribution in [0.4, 0.5) is 5.82 Å². The minimum absolute atomic E-state index is 0.115. The Morgan fingerprint density at radius 3 is 2.75 bits per heavy atom. The number of amides is 1. The maximum Gasteiger partial charge on any atom is 0.253 e. The number of carbonyl (C=O) groups excluding carboxylic acids is 2. The SMILES string of the molecule is CC1CCC(=O)[C@@H](NC(=O)c2cnc3nc(N4CC[C@@H]4C)c(Cl)cc3c2)CC1. The van der Waals surface area contributed by atoms with Gasteiger partial charge in [-0.25, -0.2) is 9.97 Å². The van der Waals surface area contributed by atoms with Crippen LogP contribution in [0.2, 0.25) is 5.02 Å². The molecule has 2 aromatic rings. The molecule has 0 radical (unpaired) electrons. The number of aromatic nitrogens is 2. The van der Waals surface area contributed by atoms with E-state index in [1.165, 1.54) is 6.20 Å². The summed E-state index contributed by atoms with van der Waals surface area (Å²) in [4.78, 5) is 36.1. The molecule has 2 fully saturated rings. The van der Waals surface area contributed by atoms with Crippen LogP contribution in [-0.2, 0) is 4.79 Å². The van der Waals surface area contributed by atoms with Gasteiger partial charge in [-0.05, 0) is 50.7 Å². The lowest BCUT2D eigenvalue weighted by Gasteiger charge is -2.40. The number of nitrogens with zero attached hydrogens (tertiary/aromatic N) is 3. The molecule has 1 saturated carbocycles. The molecule has 1 saturated heterocycles. The zero-order valence-corrected chi connectivity index (χ0v) is 17.0. The van der Waals surface area contributed by atoms with E-state index in [2.05, 4.69) is 34.0 Å². The summed E-state index contributed by atoms with van der Waals surface area (Å²) in [7, 11) is 0. The summed E-state index contributed by atoms with van der Waals surface area (Å²) < 4.78 is 0. The van der Waals surface area contributed by atoms with Crippen LogP contribution in [0.5, 0.6) is 0 Å². The standard InChI is InChI=1S/C21H25ClN4O2/c1-12-3-5-17(18(27)6-4-12)24-21(28)15-9-14-10-16(22)20(25-19(14)23-11-15)26-8-7-13(26)2/h9-13,17H,3-8H2,1-2H3,(H,24,28)/t12?,13-,17-/m0/s1. The molecule has 2 aromatic heterocycles. The third-order valence-corrected chi connectivity index (χ3v) is 6.26. The molecule has 148 valence electrons. The van der Waals surface area contributed by atoms with Gasteiger partial charge in [-0.3, -0.25) is 9.59 Å². The van der Waals surface area contributed by atoms with E-state index < -0.39 is 6.04 Å². The number of rotatable bonds is 3. The third-order valence-electron chi connectivity index (χ3n) is 5.98. The van der Waals surface area contributed by atoms with E-state index in [1.807, 2.05) is 6.07 Å². The molecule has 1 aliphatic heterocycles. The first-order valence-corrected chi connectivity index (χ1v) is 10.4. The van der Waals surface area contributed by atoms with Crippen molar-refractivity contribution in [1.82, 2.24) is 15.3 Å². The number of pyridine rings is 2. The van der Waals surface area contributed by atoms with Crippen molar-refractivity contribution in [3.8, 4) is 0 Å². The van der Waals surface area contributed by atoms with E-state index in [9.17, 15) is 9.59 Å². The second-order valence-electron chi connectivity index (χ2n) is 8.11. The zero-order chi connectivity index (χ0) is 19.8. The fourth-order valence-electron chi connectivity index (χ4n) is 3.90. The molecule has 1 aliphatic carbocycles. The summed E-state index contributed by atoms with van der Waals surface area (Å²) in [6, 6.07) is 3.56. The molecule has 1 amide bonds. The van der Waals surface area contributed by atoms with Gasteiger partial charge in [-0.15, -0.1) is 0 Å². The van der Waals surface area contributed by atoms with Gasteiger partial charge in [0, 0.05) is 30.6 Å². The highest BCUT2D eigenvalue weighted by molar-refractivity contribution is 6.33. The second kappa shape index (κ2) is 7.66. The number of Topliss-reactive ketones (excluding diaryl/α,β-unsaturated/α-hetero) is 1. The molecule has 3 atom stereocenters. The summed E-state index contributed by atoms with van der Waals surface area (Å²) in [5.74, 6) is 1.10. The van der Waals surface area contributed by atoms with Crippen molar-refractivity contribution in [2.75, 3.05) is 11.4 Å². The number of nitrogens with one attached hydrogen (secondary N) is 1. The number of fused-ring (bicyclic) bond motifs is 1. The molecule has 2 aliphatic rings. The van der Waals surface area contributed by atoms with Gasteiger partial charge in [0.1, 0.15) is 5.82 Å². The summed E-state index contributed by atoms with van der Waals surface area (Å²) in [6.07, 6.45) is 5.71. The lowest BCUT2D eigenvalue weighted by atomic mass is 10.0. The number of anilines is 1. The maximum atomic E-state index is 12.7. The van der Waals surface area contributed by atoms with Crippen LogP contribution in [-0.4, -0.2) is 40.3 Å². The van der Waals surface area contributed by atoms with Crippen molar-refractivity contribution in [3.05, 3.63) is 28.9 Å². The van der Waals surface area contributed by atoms with Crippen LogP contribution in [0, 0.1) is 5.92 Å². The average molecular weight is 401 g/mol. The van der Waals surface area contributed by atoms with Gasteiger partial charge in [0.15, 0.2) is 11.4 Å². The Morgan fingerprint density at radius 2 is 2.04 bits per heavy atom. The molecule has 4 rings (SSSR count). The molecular formula is C21H25ClN4O2. The van der Waals surface area contributed by atoms with Gasteiger partial charge in [0.05, 0.1) is 16.6 Å². The quantitative estimate of drug-likeness (QED) is 0.794. The van der Waals surface area contributed by atoms with Gasteiger partial charge in [-0.2, -0.15) is 0 Å². The number of ketones is 1. The monoisotopic (exact) mass is 400 g/mol. The molecule has 1 unspecified atom stereocenters. The number of hydrogen-bond acceptors (Lipinski definition) is 5. The molecule has 6 nitrogen and oxygen atoms in total. The lowest BCUT2D eigenvalue weighted by Crippen LogP contribution is -2.46. The van der Waals surface area contributed by atoms with Crippen LogP contribution < -0.4 is 10.2 Å². The van der Waals surface area contributed by atoms with Crippen LogP contribution >= 0.6 is 11.6 Å². The van der Waals surface area contributed by atoms with Crippen LogP contribution in [0.1, 0.15) is 56.3 Å². The van der Waals surface area contributed by atoms with E-state index >= 15 is 0 Å². The van der Waals surface area contributed by atoms with Crippen molar-refractivity contribution in [2.45, 2.75) is 58.0 Å². The fraction of sp³-hybridized carbons (Fsp3) is 0.524. The summed E-state index contributed by atoms with van der Waals surface area (Å²) in [5.41, 5.74) is 0.981. The Morgan fingerprint density at radius 1 is 1.21 bits per heavy atom. The minimum Gasteiger partial charge on any atom is -0.352 e. The largest absolute Gasteiger partial charge is 0.352 e. The first-order chi connectivity index (χ1) is 13.4. The molecular weight excluding hydrogens is 376 g/mol. The van der Waals surface area contributed by atoms with E-state index in [1.54, 1.807) is 6.07 Å². The Hall–Kier alpha value is -2.21.